The number of anilines is 1. The molecular formula is C12H14F4N2O. The number of alkyl halides is 3. The van der Waals surface area contributed by atoms with Gasteiger partial charge in [0.15, 0.2) is 0 Å². The highest BCUT2D eigenvalue weighted by atomic mass is 19.4. The zero-order valence-electron chi connectivity index (χ0n) is 10.4. The van der Waals surface area contributed by atoms with Gasteiger partial charge in [0, 0.05) is 5.69 Å². The van der Waals surface area contributed by atoms with E-state index in [2.05, 4.69) is 5.32 Å². The van der Waals surface area contributed by atoms with Crippen LogP contribution in [0, 0.1) is 11.7 Å². The summed E-state index contributed by atoms with van der Waals surface area (Å²) in [6, 6.07) is 1.40. The number of hydrogen-bond acceptors (Lipinski definition) is 2. The third kappa shape index (κ3) is 3.92. The van der Waals surface area contributed by atoms with Crippen LogP contribution in [0.2, 0.25) is 0 Å². The molecule has 0 spiro atoms. The molecule has 1 aromatic carbocycles. The summed E-state index contributed by atoms with van der Waals surface area (Å²) >= 11 is 0. The number of hydrogen-bond donors (Lipinski definition) is 2. The second-order valence-electron chi connectivity index (χ2n) is 4.45. The van der Waals surface area contributed by atoms with Crippen molar-refractivity contribution in [3.05, 3.63) is 29.6 Å². The lowest BCUT2D eigenvalue weighted by Crippen LogP contribution is -2.39. The van der Waals surface area contributed by atoms with Gasteiger partial charge in [-0.25, -0.2) is 4.39 Å². The maximum atomic E-state index is 13.0. The predicted octanol–water partition coefficient (Wildman–Crippen LogP) is 2.77. The van der Waals surface area contributed by atoms with Crippen molar-refractivity contribution in [2.45, 2.75) is 26.1 Å². The van der Waals surface area contributed by atoms with Gasteiger partial charge >= 0.3 is 6.18 Å². The molecule has 1 atom stereocenters. The molecule has 0 unspecified atom stereocenters. The van der Waals surface area contributed by atoms with E-state index in [1.165, 1.54) is 0 Å². The van der Waals surface area contributed by atoms with E-state index < -0.39 is 29.5 Å². The molecule has 0 aliphatic heterocycles. The van der Waals surface area contributed by atoms with Gasteiger partial charge in [-0.15, -0.1) is 0 Å². The Balaban J connectivity index is 2.95. The highest BCUT2D eigenvalue weighted by Crippen LogP contribution is 2.33. The van der Waals surface area contributed by atoms with Crippen molar-refractivity contribution in [1.82, 2.24) is 0 Å². The molecule has 1 aromatic rings. The Morgan fingerprint density at radius 3 is 2.37 bits per heavy atom. The molecule has 0 saturated carbocycles. The van der Waals surface area contributed by atoms with Gasteiger partial charge in [-0.3, -0.25) is 4.79 Å². The molecule has 7 heteroatoms. The first-order valence-electron chi connectivity index (χ1n) is 5.56. The van der Waals surface area contributed by atoms with Crippen molar-refractivity contribution in [1.29, 1.82) is 0 Å². The summed E-state index contributed by atoms with van der Waals surface area (Å²) in [7, 11) is 0. The predicted molar refractivity (Wildman–Crippen MR) is 62.8 cm³/mol. The molecule has 1 rings (SSSR count). The fourth-order valence-corrected chi connectivity index (χ4v) is 1.35. The highest BCUT2D eigenvalue weighted by Gasteiger charge is 2.34. The summed E-state index contributed by atoms with van der Waals surface area (Å²) in [5.74, 6) is -2.17. The first-order chi connectivity index (χ1) is 8.62. The van der Waals surface area contributed by atoms with Gasteiger partial charge < -0.3 is 11.1 Å². The minimum Gasteiger partial charge on any atom is -0.325 e. The van der Waals surface area contributed by atoms with E-state index in [0.29, 0.717) is 12.1 Å². The zero-order chi connectivity index (χ0) is 14.8. The molecule has 0 fully saturated rings. The maximum Gasteiger partial charge on any atom is 0.419 e. The van der Waals surface area contributed by atoms with E-state index in [-0.39, 0.29) is 11.6 Å². The zero-order valence-corrected chi connectivity index (χ0v) is 10.4. The number of nitrogens with two attached hydrogens (primary N) is 1. The Labute approximate surface area is 107 Å². The van der Waals surface area contributed by atoms with Gasteiger partial charge in [0.25, 0.3) is 0 Å². The Morgan fingerprint density at radius 2 is 1.89 bits per heavy atom. The summed E-state index contributed by atoms with van der Waals surface area (Å²) in [5, 5.41) is 2.23. The lowest BCUT2D eigenvalue weighted by atomic mass is 10.0. The van der Waals surface area contributed by atoms with E-state index in [0.717, 1.165) is 6.07 Å². The van der Waals surface area contributed by atoms with Crippen LogP contribution in [0.1, 0.15) is 19.4 Å². The van der Waals surface area contributed by atoms with Crippen LogP contribution in [-0.2, 0) is 11.0 Å². The number of benzene rings is 1. The summed E-state index contributed by atoms with van der Waals surface area (Å²) in [6.07, 6.45) is -4.81. The minimum absolute atomic E-state index is 0.144. The first kappa shape index (κ1) is 15.4. The van der Waals surface area contributed by atoms with Crippen LogP contribution < -0.4 is 11.1 Å². The van der Waals surface area contributed by atoms with E-state index in [4.69, 9.17) is 5.73 Å². The summed E-state index contributed by atoms with van der Waals surface area (Å²) < 4.78 is 50.5. The van der Waals surface area contributed by atoms with Crippen LogP contribution in [-0.4, -0.2) is 11.9 Å². The molecule has 3 N–H and O–H groups in total. The lowest BCUT2D eigenvalue weighted by Gasteiger charge is -2.16. The second kappa shape index (κ2) is 5.56. The molecule has 3 nitrogen and oxygen atoms in total. The van der Waals surface area contributed by atoms with Crippen LogP contribution in [0.25, 0.3) is 0 Å². The average molecular weight is 278 g/mol. The SMILES string of the molecule is CC(C)[C@@H](N)C(=O)Nc1ccc(F)c(C(F)(F)F)c1. The second-order valence-corrected chi connectivity index (χ2v) is 4.45. The van der Waals surface area contributed by atoms with Crippen LogP contribution in [0.3, 0.4) is 0 Å². The van der Waals surface area contributed by atoms with Crippen LogP contribution in [0.5, 0.6) is 0 Å². The topological polar surface area (TPSA) is 55.1 Å². The number of nitrogens with one attached hydrogen (secondary N) is 1. The molecule has 19 heavy (non-hydrogen) atoms. The van der Waals surface area contributed by atoms with E-state index >= 15 is 0 Å². The van der Waals surface area contributed by atoms with Crippen molar-refractivity contribution in [2.75, 3.05) is 5.32 Å². The van der Waals surface area contributed by atoms with Crippen molar-refractivity contribution in [3.8, 4) is 0 Å². The summed E-state index contributed by atoms with van der Waals surface area (Å²) in [6.45, 7) is 3.41. The van der Waals surface area contributed by atoms with Gasteiger partial charge in [0.2, 0.25) is 5.91 Å². The molecule has 106 valence electrons. The van der Waals surface area contributed by atoms with Gasteiger partial charge in [0.1, 0.15) is 5.82 Å². The van der Waals surface area contributed by atoms with Crippen molar-refractivity contribution in [2.24, 2.45) is 11.7 Å². The highest BCUT2D eigenvalue weighted by molar-refractivity contribution is 5.94. The lowest BCUT2D eigenvalue weighted by molar-refractivity contribution is -0.140. The monoisotopic (exact) mass is 278 g/mol. The molecule has 0 aliphatic carbocycles. The fourth-order valence-electron chi connectivity index (χ4n) is 1.35. The van der Waals surface area contributed by atoms with E-state index in [9.17, 15) is 22.4 Å². The minimum atomic E-state index is -4.81. The molecule has 0 aromatic heterocycles. The molecule has 0 saturated heterocycles. The number of amides is 1. The quantitative estimate of drug-likeness (QED) is 0.835. The molecule has 0 aliphatic rings. The third-order valence-corrected chi connectivity index (χ3v) is 2.56. The Bertz CT molecular complexity index is 471. The Kier molecular flexibility index (Phi) is 4.52. The van der Waals surface area contributed by atoms with Crippen LogP contribution in [0.15, 0.2) is 18.2 Å². The number of carbonyl (C=O) groups excluding carboxylic acids is 1. The largest absolute Gasteiger partial charge is 0.419 e. The normalized spacial score (nSPS) is 13.5. The molecule has 1 amide bonds. The molecule has 0 radical (unpaired) electrons. The van der Waals surface area contributed by atoms with Gasteiger partial charge in [-0.2, -0.15) is 13.2 Å². The smallest absolute Gasteiger partial charge is 0.325 e. The fraction of sp³-hybridized carbons (Fsp3) is 0.417. The van der Waals surface area contributed by atoms with Gasteiger partial charge in [0.05, 0.1) is 11.6 Å². The number of rotatable bonds is 3. The third-order valence-electron chi connectivity index (χ3n) is 2.56. The van der Waals surface area contributed by atoms with Crippen molar-refractivity contribution < 1.29 is 22.4 Å². The first-order valence-corrected chi connectivity index (χ1v) is 5.56. The number of halogens is 4. The van der Waals surface area contributed by atoms with Gasteiger partial charge in [-0.05, 0) is 24.1 Å². The van der Waals surface area contributed by atoms with Crippen molar-refractivity contribution >= 4 is 11.6 Å². The summed E-state index contributed by atoms with van der Waals surface area (Å²) in [5.41, 5.74) is 3.98. The number of carbonyl (C=O) groups is 1. The molecule has 0 heterocycles. The average Bonchev–Trinajstić information content (AvgIpc) is 2.28. The van der Waals surface area contributed by atoms with Crippen LogP contribution in [0.4, 0.5) is 23.2 Å². The summed E-state index contributed by atoms with van der Waals surface area (Å²) in [4.78, 5) is 11.6. The van der Waals surface area contributed by atoms with E-state index in [1.54, 1.807) is 13.8 Å². The van der Waals surface area contributed by atoms with E-state index in [1.807, 2.05) is 0 Å². The van der Waals surface area contributed by atoms with Gasteiger partial charge in [-0.1, -0.05) is 13.8 Å². The Morgan fingerprint density at radius 1 is 1.32 bits per heavy atom. The van der Waals surface area contributed by atoms with Crippen LogP contribution >= 0.6 is 0 Å². The standard InChI is InChI=1S/C12H14F4N2O/c1-6(2)10(17)11(19)18-7-3-4-9(13)8(5-7)12(14,15)16/h3-6,10H,17H2,1-2H3,(H,18,19)/t10-/m1/s1. The molecular weight excluding hydrogens is 264 g/mol. The Hall–Kier alpha value is -1.63. The van der Waals surface area contributed by atoms with Crippen molar-refractivity contribution in [3.63, 3.8) is 0 Å². The maximum absolute atomic E-state index is 13.0. The molecule has 0 bridgehead atoms.